The van der Waals surface area contributed by atoms with Crippen LogP contribution in [0.3, 0.4) is 0 Å². The van der Waals surface area contributed by atoms with E-state index in [-0.39, 0.29) is 12.3 Å². The van der Waals surface area contributed by atoms with Gasteiger partial charge in [-0.05, 0) is 39.0 Å². The number of hydrogen-bond acceptors (Lipinski definition) is 3. The maximum atomic E-state index is 12.2. The van der Waals surface area contributed by atoms with Gasteiger partial charge in [0, 0.05) is 26.1 Å². The summed E-state index contributed by atoms with van der Waals surface area (Å²) in [5.41, 5.74) is 5.12. The molecule has 3 N–H and O–H groups in total. The van der Waals surface area contributed by atoms with Crippen LogP contribution in [0.2, 0.25) is 0 Å². The molecule has 1 aliphatic heterocycles. The van der Waals surface area contributed by atoms with Crippen molar-refractivity contribution in [2.24, 2.45) is 17.1 Å². The van der Waals surface area contributed by atoms with Crippen LogP contribution in [0.25, 0.3) is 0 Å². The molecule has 104 valence electrons. The van der Waals surface area contributed by atoms with Gasteiger partial charge in [0.05, 0.1) is 5.41 Å². The molecule has 1 fully saturated rings. The lowest BCUT2D eigenvalue weighted by molar-refractivity contribution is -0.142. The van der Waals surface area contributed by atoms with Crippen LogP contribution in [0.15, 0.2) is 0 Å². The minimum atomic E-state index is -0.738. The zero-order valence-corrected chi connectivity index (χ0v) is 11.3. The molecule has 5 nitrogen and oxygen atoms in total. The van der Waals surface area contributed by atoms with E-state index >= 15 is 0 Å². The van der Waals surface area contributed by atoms with Gasteiger partial charge in [-0.1, -0.05) is 0 Å². The fourth-order valence-electron chi connectivity index (χ4n) is 2.27. The molecule has 1 saturated heterocycles. The second-order valence-corrected chi connectivity index (χ2v) is 5.76. The number of nitrogens with zero attached hydrogens (tertiary/aromatic N) is 1. The summed E-state index contributed by atoms with van der Waals surface area (Å²) in [5.74, 6) is -0.189. The minimum absolute atomic E-state index is 0.113. The molecule has 0 radical (unpaired) electrons. The molecular formula is C13H24N2O3. The summed E-state index contributed by atoms with van der Waals surface area (Å²) in [4.78, 5) is 24.5. The Hall–Kier alpha value is -1.10. The zero-order chi connectivity index (χ0) is 13.8. The smallest absolute Gasteiger partial charge is 0.303 e. The Labute approximate surface area is 108 Å². The third kappa shape index (κ3) is 3.98. The Bertz CT molecular complexity index is 307. The molecule has 0 aromatic carbocycles. The van der Waals surface area contributed by atoms with Crippen molar-refractivity contribution < 1.29 is 14.7 Å². The zero-order valence-electron chi connectivity index (χ0n) is 11.3. The molecule has 0 atom stereocenters. The number of aliphatic carboxylic acids is 1. The molecule has 0 saturated carbocycles. The fraction of sp³-hybridized carbons (Fsp3) is 0.846. The SMILES string of the molecule is CC(C)(CN)C(=O)N1CCC(CCC(=O)O)CC1. The lowest BCUT2D eigenvalue weighted by Gasteiger charge is -2.36. The van der Waals surface area contributed by atoms with E-state index in [4.69, 9.17) is 10.8 Å². The number of carboxylic acids is 1. The average Bonchev–Trinajstić information content (AvgIpc) is 2.36. The molecule has 1 amide bonds. The quantitative estimate of drug-likeness (QED) is 0.771. The standard InChI is InChI=1S/C13H24N2O3/c1-13(2,9-14)12(18)15-7-5-10(6-8-15)3-4-11(16)17/h10H,3-9,14H2,1-2H3,(H,16,17). The molecule has 1 rings (SSSR count). The van der Waals surface area contributed by atoms with Crippen LogP contribution in [0.1, 0.15) is 39.5 Å². The summed E-state index contributed by atoms with van der Waals surface area (Å²) in [5, 5.41) is 8.64. The number of carbonyl (C=O) groups is 2. The highest BCUT2D eigenvalue weighted by molar-refractivity contribution is 5.82. The molecule has 0 aromatic rings. The van der Waals surface area contributed by atoms with Gasteiger partial charge in [-0.2, -0.15) is 0 Å². The third-order valence-corrected chi connectivity index (χ3v) is 3.76. The van der Waals surface area contributed by atoms with E-state index in [2.05, 4.69) is 0 Å². The Morgan fingerprint density at radius 3 is 2.33 bits per heavy atom. The molecule has 1 heterocycles. The van der Waals surface area contributed by atoms with Crippen LogP contribution in [0, 0.1) is 11.3 Å². The number of hydrogen-bond donors (Lipinski definition) is 2. The summed E-state index contributed by atoms with van der Waals surface area (Å²) >= 11 is 0. The molecule has 18 heavy (non-hydrogen) atoms. The van der Waals surface area contributed by atoms with Crippen molar-refractivity contribution >= 4 is 11.9 Å². The molecule has 0 aromatic heterocycles. The first kappa shape index (κ1) is 15.0. The van der Waals surface area contributed by atoms with Crippen molar-refractivity contribution in [1.29, 1.82) is 0 Å². The molecule has 0 unspecified atom stereocenters. The maximum absolute atomic E-state index is 12.2. The van der Waals surface area contributed by atoms with Gasteiger partial charge in [0.1, 0.15) is 0 Å². The van der Waals surface area contributed by atoms with Crippen molar-refractivity contribution in [2.75, 3.05) is 19.6 Å². The van der Waals surface area contributed by atoms with Crippen LogP contribution in [-0.2, 0) is 9.59 Å². The largest absolute Gasteiger partial charge is 0.481 e. The highest BCUT2D eigenvalue weighted by Gasteiger charge is 2.32. The summed E-state index contributed by atoms with van der Waals surface area (Å²) < 4.78 is 0. The highest BCUT2D eigenvalue weighted by atomic mass is 16.4. The Morgan fingerprint density at radius 1 is 1.33 bits per heavy atom. The van der Waals surface area contributed by atoms with E-state index < -0.39 is 11.4 Å². The van der Waals surface area contributed by atoms with Crippen molar-refractivity contribution in [2.45, 2.75) is 39.5 Å². The van der Waals surface area contributed by atoms with Crippen molar-refractivity contribution in [1.82, 2.24) is 4.90 Å². The highest BCUT2D eigenvalue weighted by Crippen LogP contribution is 2.25. The third-order valence-electron chi connectivity index (χ3n) is 3.76. The second kappa shape index (κ2) is 6.18. The topological polar surface area (TPSA) is 83.6 Å². The number of amides is 1. The Morgan fingerprint density at radius 2 is 1.89 bits per heavy atom. The second-order valence-electron chi connectivity index (χ2n) is 5.76. The van der Waals surface area contributed by atoms with Gasteiger partial charge in [-0.15, -0.1) is 0 Å². The minimum Gasteiger partial charge on any atom is -0.481 e. The van der Waals surface area contributed by atoms with E-state index in [1.807, 2.05) is 18.7 Å². The number of carbonyl (C=O) groups excluding carboxylic acids is 1. The van der Waals surface area contributed by atoms with Gasteiger partial charge in [-0.3, -0.25) is 9.59 Å². The van der Waals surface area contributed by atoms with E-state index in [1.165, 1.54) is 0 Å². The summed E-state index contributed by atoms with van der Waals surface area (Å²) in [6, 6.07) is 0. The summed E-state index contributed by atoms with van der Waals surface area (Å²) in [6.45, 7) is 5.54. The molecule has 0 aliphatic carbocycles. The van der Waals surface area contributed by atoms with Crippen LogP contribution in [-0.4, -0.2) is 41.5 Å². The van der Waals surface area contributed by atoms with Crippen LogP contribution in [0.5, 0.6) is 0 Å². The lowest BCUT2D eigenvalue weighted by Crippen LogP contribution is -2.47. The van der Waals surface area contributed by atoms with E-state index in [0.717, 1.165) is 32.4 Å². The predicted octanol–water partition coefficient (Wildman–Crippen LogP) is 1.07. The Kier molecular flexibility index (Phi) is 5.14. The number of nitrogens with two attached hydrogens (primary N) is 1. The number of piperidine rings is 1. The monoisotopic (exact) mass is 256 g/mol. The van der Waals surface area contributed by atoms with Crippen LogP contribution in [0.4, 0.5) is 0 Å². The van der Waals surface area contributed by atoms with E-state index in [1.54, 1.807) is 0 Å². The first-order valence-electron chi connectivity index (χ1n) is 6.58. The molecule has 5 heteroatoms. The fourth-order valence-corrected chi connectivity index (χ4v) is 2.27. The van der Waals surface area contributed by atoms with Gasteiger partial charge >= 0.3 is 5.97 Å². The van der Waals surface area contributed by atoms with Gasteiger partial charge < -0.3 is 15.7 Å². The lowest BCUT2D eigenvalue weighted by atomic mass is 9.88. The van der Waals surface area contributed by atoms with Gasteiger partial charge in [-0.25, -0.2) is 0 Å². The molecule has 0 spiro atoms. The van der Waals surface area contributed by atoms with Gasteiger partial charge in [0.15, 0.2) is 0 Å². The average molecular weight is 256 g/mol. The van der Waals surface area contributed by atoms with Crippen molar-refractivity contribution in [3.8, 4) is 0 Å². The van der Waals surface area contributed by atoms with Gasteiger partial charge in [0.25, 0.3) is 0 Å². The number of rotatable bonds is 5. The van der Waals surface area contributed by atoms with Crippen molar-refractivity contribution in [3.05, 3.63) is 0 Å². The van der Waals surface area contributed by atoms with E-state index in [0.29, 0.717) is 12.5 Å². The Balaban J connectivity index is 2.39. The van der Waals surface area contributed by atoms with Gasteiger partial charge in [0.2, 0.25) is 5.91 Å². The predicted molar refractivity (Wildman–Crippen MR) is 69.0 cm³/mol. The molecule has 0 bridgehead atoms. The maximum Gasteiger partial charge on any atom is 0.303 e. The number of likely N-dealkylation sites (tertiary alicyclic amines) is 1. The molecule has 1 aliphatic rings. The first-order valence-corrected chi connectivity index (χ1v) is 6.58. The van der Waals surface area contributed by atoms with E-state index in [9.17, 15) is 9.59 Å². The van der Waals surface area contributed by atoms with Crippen LogP contribution >= 0.6 is 0 Å². The summed E-state index contributed by atoms with van der Waals surface area (Å²) in [6.07, 6.45) is 2.75. The number of carboxylic acid groups (broad SMARTS) is 1. The molecular weight excluding hydrogens is 232 g/mol. The first-order chi connectivity index (χ1) is 8.36. The normalized spacial score (nSPS) is 17.8. The summed E-state index contributed by atoms with van der Waals surface area (Å²) in [7, 11) is 0. The van der Waals surface area contributed by atoms with Crippen LogP contribution < -0.4 is 5.73 Å². The van der Waals surface area contributed by atoms with Crippen molar-refractivity contribution in [3.63, 3.8) is 0 Å².